The quantitative estimate of drug-likeness (QED) is 0.217. The van der Waals surface area contributed by atoms with Crippen LogP contribution in [0.2, 0.25) is 0 Å². The molecule has 2 bridgehead atoms. The molecule has 188 valence electrons. The summed E-state index contributed by atoms with van der Waals surface area (Å²) in [5.74, 6) is 1.52. The number of anilines is 3. The van der Waals surface area contributed by atoms with Crippen molar-refractivity contribution in [1.29, 1.82) is 0 Å². The lowest BCUT2D eigenvalue weighted by Crippen LogP contribution is -2.11. The second-order valence-electron chi connectivity index (χ2n) is 11.3. The van der Waals surface area contributed by atoms with Crippen molar-refractivity contribution in [2.75, 3.05) is 4.90 Å². The SMILES string of the molecule is Cc1cc(-c2c3ccccc3c(N(c3ccccc3)c3ccccc3)c3ccccc23)cc2c1C1CCC2C1. The Morgan fingerprint density at radius 1 is 0.564 bits per heavy atom. The second kappa shape index (κ2) is 8.85. The van der Waals surface area contributed by atoms with Gasteiger partial charge in [-0.1, -0.05) is 97.1 Å². The van der Waals surface area contributed by atoms with E-state index in [0.717, 1.165) is 23.2 Å². The van der Waals surface area contributed by atoms with Crippen LogP contribution in [0.5, 0.6) is 0 Å². The molecule has 1 heteroatoms. The number of hydrogen-bond donors (Lipinski definition) is 0. The van der Waals surface area contributed by atoms with Gasteiger partial charge in [-0.2, -0.15) is 0 Å². The molecule has 39 heavy (non-hydrogen) atoms. The van der Waals surface area contributed by atoms with E-state index < -0.39 is 0 Å². The van der Waals surface area contributed by atoms with E-state index in [1.807, 2.05) is 0 Å². The molecule has 0 aromatic heterocycles. The van der Waals surface area contributed by atoms with E-state index in [-0.39, 0.29) is 0 Å². The van der Waals surface area contributed by atoms with Crippen molar-refractivity contribution in [3.8, 4) is 11.1 Å². The minimum Gasteiger partial charge on any atom is -0.309 e. The molecule has 0 heterocycles. The third-order valence-corrected chi connectivity index (χ3v) is 9.14. The first-order chi connectivity index (χ1) is 19.3. The minimum atomic E-state index is 0.743. The summed E-state index contributed by atoms with van der Waals surface area (Å²) in [5.41, 5.74) is 11.0. The molecule has 1 nitrogen and oxygen atoms in total. The lowest BCUT2D eigenvalue weighted by molar-refractivity contribution is 0.714. The van der Waals surface area contributed by atoms with Gasteiger partial charge < -0.3 is 4.90 Å². The highest BCUT2D eigenvalue weighted by Gasteiger charge is 2.38. The van der Waals surface area contributed by atoms with Crippen LogP contribution in [-0.2, 0) is 0 Å². The van der Waals surface area contributed by atoms with E-state index in [1.165, 1.54) is 63.2 Å². The molecular formula is C38H31N. The van der Waals surface area contributed by atoms with Gasteiger partial charge in [0.25, 0.3) is 0 Å². The molecule has 0 N–H and O–H groups in total. The zero-order valence-corrected chi connectivity index (χ0v) is 22.3. The fraction of sp³-hybridized carbons (Fsp3) is 0.158. The van der Waals surface area contributed by atoms with Crippen LogP contribution in [0.1, 0.15) is 47.8 Å². The van der Waals surface area contributed by atoms with Gasteiger partial charge in [0.05, 0.1) is 5.69 Å². The van der Waals surface area contributed by atoms with Crippen molar-refractivity contribution in [3.05, 3.63) is 138 Å². The van der Waals surface area contributed by atoms with E-state index in [2.05, 4.69) is 133 Å². The Kier molecular flexibility index (Phi) is 5.13. The van der Waals surface area contributed by atoms with Gasteiger partial charge in [-0.05, 0) is 101 Å². The number of benzene rings is 6. The number of nitrogens with zero attached hydrogens (tertiary/aromatic N) is 1. The maximum Gasteiger partial charge on any atom is 0.0618 e. The molecule has 2 atom stereocenters. The van der Waals surface area contributed by atoms with Gasteiger partial charge in [-0.25, -0.2) is 0 Å². The van der Waals surface area contributed by atoms with Crippen LogP contribution < -0.4 is 4.90 Å². The molecule has 0 radical (unpaired) electrons. The van der Waals surface area contributed by atoms with Gasteiger partial charge in [-0.3, -0.25) is 0 Å². The van der Waals surface area contributed by atoms with Crippen molar-refractivity contribution in [3.63, 3.8) is 0 Å². The van der Waals surface area contributed by atoms with Crippen molar-refractivity contribution >= 4 is 38.6 Å². The highest BCUT2D eigenvalue weighted by atomic mass is 15.1. The molecule has 0 spiro atoms. The first-order valence-electron chi connectivity index (χ1n) is 14.3. The predicted molar refractivity (Wildman–Crippen MR) is 166 cm³/mol. The highest BCUT2D eigenvalue weighted by Crippen LogP contribution is 2.56. The van der Waals surface area contributed by atoms with Gasteiger partial charge in [0.2, 0.25) is 0 Å². The molecule has 6 aromatic rings. The van der Waals surface area contributed by atoms with E-state index in [9.17, 15) is 0 Å². The van der Waals surface area contributed by atoms with Crippen LogP contribution in [0.4, 0.5) is 17.1 Å². The highest BCUT2D eigenvalue weighted by molar-refractivity contribution is 6.22. The Morgan fingerprint density at radius 3 is 1.67 bits per heavy atom. The maximum atomic E-state index is 2.55. The van der Waals surface area contributed by atoms with Crippen LogP contribution in [0.3, 0.4) is 0 Å². The summed E-state index contributed by atoms with van der Waals surface area (Å²) in [6.45, 7) is 2.34. The van der Waals surface area contributed by atoms with E-state index in [1.54, 1.807) is 11.1 Å². The second-order valence-corrected chi connectivity index (χ2v) is 11.3. The monoisotopic (exact) mass is 501 g/mol. The molecule has 0 aliphatic heterocycles. The molecular weight excluding hydrogens is 470 g/mol. The third kappa shape index (κ3) is 3.46. The Bertz CT molecular complexity index is 1760. The summed E-state index contributed by atoms with van der Waals surface area (Å²) >= 11 is 0. The normalized spacial score (nSPS) is 17.6. The summed E-state index contributed by atoms with van der Waals surface area (Å²) in [6, 6.07) is 44.6. The summed E-state index contributed by atoms with van der Waals surface area (Å²) in [6.07, 6.45) is 4.07. The Labute approximate surface area is 230 Å². The van der Waals surface area contributed by atoms with Gasteiger partial charge in [0.15, 0.2) is 0 Å². The van der Waals surface area contributed by atoms with Crippen molar-refractivity contribution in [1.82, 2.24) is 0 Å². The molecule has 0 amide bonds. The summed E-state index contributed by atoms with van der Waals surface area (Å²) in [4.78, 5) is 2.43. The molecule has 2 aliphatic rings. The smallest absolute Gasteiger partial charge is 0.0618 e. The summed E-state index contributed by atoms with van der Waals surface area (Å²) in [5, 5.41) is 5.17. The van der Waals surface area contributed by atoms with Crippen LogP contribution in [0.25, 0.3) is 32.7 Å². The number of aryl methyl sites for hydroxylation is 1. The van der Waals surface area contributed by atoms with Crippen LogP contribution in [0.15, 0.2) is 121 Å². The van der Waals surface area contributed by atoms with Crippen molar-refractivity contribution in [2.24, 2.45) is 0 Å². The molecule has 0 saturated heterocycles. The molecule has 8 rings (SSSR count). The van der Waals surface area contributed by atoms with Crippen molar-refractivity contribution < 1.29 is 0 Å². The van der Waals surface area contributed by atoms with E-state index >= 15 is 0 Å². The van der Waals surface area contributed by atoms with Gasteiger partial charge in [-0.15, -0.1) is 0 Å². The van der Waals surface area contributed by atoms with Crippen LogP contribution in [-0.4, -0.2) is 0 Å². The van der Waals surface area contributed by atoms with Gasteiger partial charge >= 0.3 is 0 Å². The zero-order valence-electron chi connectivity index (χ0n) is 22.3. The lowest BCUT2D eigenvalue weighted by Gasteiger charge is -2.29. The average Bonchev–Trinajstić information content (AvgIpc) is 3.61. The number of fused-ring (bicyclic) bond motifs is 7. The Hall–Kier alpha value is -4.36. The topological polar surface area (TPSA) is 3.24 Å². The number of hydrogen-bond acceptors (Lipinski definition) is 1. The number of rotatable bonds is 4. The van der Waals surface area contributed by atoms with Gasteiger partial charge in [0.1, 0.15) is 0 Å². The molecule has 2 unspecified atom stereocenters. The summed E-state index contributed by atoms with van der Waals surface area (Å²) < 4.78 is 0. The van der Waals surface area contributed by atoms with Gasteiger partial charge in [0, 0.05) is 22.1 Å². The van der Waals surface area contributed by atoms with Crippen LogP contribution in [0, 0.1) is 6.92 Å². The van der Waals surface area contributed by atoms with E-state index in [0.29, 0.717) is 0 Å². The van der Waals surface area contributed by atoms with Crippen LogP contribution >= 0.6 is 0 Å². The maximum absolute atomic E-state index is 2.55. The van der Waals surface area contributed by atoms with E-state index in [4.69, 9.17) is 0 Å². The largest absolute Gasteiger partial charge is 0.309 e. The summed E-state index contributed by atoms with van der Waals surface area (Å²) in [7, 11) is 0. The Balaban J connectivity index is 1.47. The number of para-hydroxylation sites is 2. The first kappa shape index (κ1) is 22.6. The molecule has 1 saturated carbocycles. The first-order valence-corrected chi connectivity index (χ1v) is 14.3. The molecule has 6 aromatic carbocycles. The fourth-order valence-corrected chi connectivity index (χ4v) is 7.61. The van der Waals surface area contributed by atoms with Crippen molar-refractivity contribution in [2.45, 2.75) is 38.0 Å². The molecule has 1 fully saturated rings. The average molecular weight is 502 g/mol. The minimum absolute atomic E-state index is 0.743. The third-order valence-electron chi connectivity index (χ3n) is 9.14. The fourth-order valence-electron chi connectivity index (χ4n) is 7.61. The molecule has 2 aliphatic carbocycles. The Morgan fingerprint density at radius 2 is 1.08 bits per heavy atom. The predicted octanol–water partition coefficient (Wildman–Crippen LogP) is 10.8. The standard InChI is InChI=1S/C38H31N/c1-25-22-28(24-35-26-20-21-27(23-26)36(25)35)37-31-16-8-10-18-33(31)38(34-19-11-9-17-32(34)37)39(29-12-4-2-5-13-29)30-14-6-3-7-15-30/h2-19,22,24,26-27H,20-21,23H2,1H3. The lowest BCUT2D eigenvalue weighted by atomic mass is 9.83. The zero-order chi connectivity index (χ0) is 25.9.